The summed E-state index contributed by atoms with van der Waals surface area (Å²) in [4.78, 5) is 4.31. The van der Waals surface area contributed by atoms with Crippen molar-refractivity contribution in [3.05, 3.63) is 77.9 Å². The second kappa shape index (κ2) is 6.48. The topological polar surface area (TPSA) is 26.5 Å². The number of hydrogen-bond acceptors (Lipinski definition) is 2. The summed E-state index contributed by atoms with van der Waals surface area (Å²) in [5.41, 5.74) is 3.70. The third kappa shape index (κ3) is 3.48. The van der Waals surface area contributed by atoms with E-state index < -0.39 is 0 Å². The second-order valence-corrected chi connectivity index (χ2v) is 5.22. The number of aromatic nitrogens is 1. The normalized spacial score (nSPS) is 11.1. The number of hydrogen-bond donors (Lipinski definition) is 0. The predicted octanol–water partition coefficient (Wildman–Crippen LogP) is 4.68. The van der Waals surface area contributed by atoms with Crippen molar-refractivity contribution in [2.75, 3.05) is 7.11 Å². The van der Waals surface area contributed by atoms with Crippen LogP contribution < -0.4 is 4.74 Å². The molecule has 0 aliphatic carbocycles. The maximum Gasteiger partial charge on any atom is 0.125 e. The quantitative estimate of drug-likeness (QED) is 0.643. The average Bonchev–Trinajstić information content (AvgIpc) is 2.94. The van der Waals surface area contributed by atoms with Crippen LogP contribution in [0.3, 0.4) is 0 Å². The van der Waals surface area contributed by atoms with Gasteiger partial charge in [0.15, 0.2) is 0 Å². The number of nitrogens with zero attached hydrogens (tertiary/aromatic N) is 2. The van der Waals surface area contributed by atoms with E-state index in [0.29, 0.717) is 5.69 Å². The minimum absolute atomic E-state index is 0.286. The van der Waals surface area contributed by atoms with Gasteiger partial charge >= 0.3 is 0 Å². The Morgan fingerprint density at radius 3 is 2.57 bits per heavy atom. The molecule has 0 aliphatic heterocycles. The molecule has 0 amide bonds. The monoisotopic (exact) mass is 308 g/mol. The maximum absolute atomic E-state index is 13.2. The van der Waals surface area contributed by atoms with Gasteiger partial charge in [-0.2, -0.15) is 0 Å². The van der Waals surface area contributed by atoms with Crippen LogP contribution in [0, 0.1) is 12.7 Å². The van der Waals surface area contributed by atoms with Gasteiger partial charge in [0, 0.05) is 29.4 Å². The Labute approximate surface area is 134 Å². The smallest absolute Gasteiger partial charge is 0.125 e. The number of halogens is 1. The van der Waals surface area contributed by atoms with Crippen molar-refractivity contribution >= 4 is 11.9 Å². The van der Waals surface area contributed by atoms with Gasteiger partial charge in [0.2, 0.25) is 0 Å². The molecule has 0 fully saturated rings. The number of ether oxygens (including phenoxy) is 1. The molecule has 3 rings (SSSR count). The van der Waals surface area contributed by atoms with Gasteiger partial charge in [0.25, 0.3) is 0 Å². The van der Waals surface area contributed by atoms with Gasteiger partial charge in [-0.3, -0.25) is 4.99 Å². The zero-order valence-electron chi connectivity index (χ0n) is 13.0. The van der Waals surface area contributed by atoms with Gasteiger partial charge < -0.3 is 9.30 Å². The Bertz CT molecular complexity index is 835. The van der Waals surface area contributed by atoms with Crippen LogP contribution in [0.2, 0.25) is 0 Å². The number of methoxy groups -OCH3 is 1. The highest BCUT2D eigenvalue weighted by Crippen LogP contribution is 2.19. The first-order chi connectivity index (χ1) is 11.2. The molecule has 0 atom stereocenters. The zero-order chi connectivity index (χ0) is 16.2. The minimum Gasteiger partial charge on any atom is -0.497 e. The van der Waals surface area contributed by atoms with Crippen molar-refractivity contribution in [1.82, 2.24) is 4.57 Å². The molecule has 0 saturated heterocycles. The van der Waals surface area contributed by atoms with Gasteiger partial charge in [-0.1, -0.05) is 6.07 Å². The summed E-state index contributed by atoms with van der Waals surface area (Å²) in [5.74, 6) is 0.540. The molecule has 2 aromatic carbocycles. The van der Waals surface area contributed by atoms with Crippen molar-refractivity contribution in [2.45, 2.75) is 6.92 Å². The average molecular weight is 308 g/mol. The van der Waals surface area contributed by atoms with Crippen LogP contribution in [0.25, 0.3) is 5.69 Å². The molecule has 0 radical (unpaired) electrons. The minimum atomic E-state index is -0.286. The van der Waals surface area contributed by atoms with Gasteiger partial charge in [0.05, 0.1) is 12.8 Å². The third-order valence-electron chi connectivity index (χ3n) is 3.56. The molecule has 0 unspecified atom stereocenters. The predicted molar refractivity (Wildman–Crippen MR) is 90.7 cm³/mol. The van der Waals surface area contributed by atoms with E-state index in [1.165, 1.54) is 12.1 Å². The zero-order valence-corrected chi connectivity index (χ0v) is 13.0. The maximum atomic E-state index is 13.2. The van der Waals surface area contributed by atoms with Gasteiger partial charge in [-0.15, -0.1) is 0 Å². The SMILES string of the molecule is COc1ccc(-n2cc(C=Nc3cccc(F)c3)cc2C)cc1. The molecular weight excluding hydrogens is 291 g/mol. The molecule has 0 aliphatic rings. The fourth-order valence-corrected chi connectivity index (χ4v) is 2.40. The van der Waals surface area contributed by atoms with Gasteiger partial charge in [-0.25, -0.2) is 4.39 Å². The standard InChI is InChI=1S/C19H17FN2O/c1-14-10-15(12-21-17-5-3-4-16(20)11-17)13-22(14)18-6-8-19(23-2)9-7-18/h3-13H,1-2H3. The van der Waals surface area contributed by atoms with Crippen molar-refractivity contribution in [2.24, 2.45) is 4.99 Å². The molecule has 0 bridgehead atoms. The molecule has 0 N–H and O–H groups in total. The van der Waals surface area contributed by atoms with Crippen LogP contribution in [0.4, 0.5) is 10.1 Å². The van der Waals surface area contributed by atoms with E-state index in [0.717, 1.165) is 22.7 Å². The highest BCUT2D eigenvalue weighted by atomic mass is 19.1. The first-order valence-electron chi connectivity index (χ1n) is 7.29. The lowest BCUT2D eigenvalue weighted by Gasteiger charge is -2.06. The molecule has 3 nitrogen and oxygen atoms in total. The molecule has 4 heteroatoms. The van der Waals surface area contributed by atoms with Crippen molar-refractivity contribution < 1.29 is 9.13 Å². The summed E-state index contributed by atoms with van der Waals surface area (Å²) >= 11 is 0. The molecule has 116 valence electrons. The van der Waals surface area contributed by atoms with E-state index in [-0.39, 0.29) is 5.82 Å². The van der Waals surface area contributed by atoms with E-state index in [4.69, 9.17) is 4.74 Å². The first kappa shape index (κ1) is 15.0. The first-order valence-corrected chi connectivity index (χ1v) is 7.29. The van der Waals surface area contributed by atoms with Crippen LogP contribution in [-0.4, -0.2) is 17.9 Å². The van der Waals surface area contributed by atoms with Gasteiger partial charge in [-0.05, 0) is 55.5 Å². The Morgan fingerprint density at radius 1 is 1.09 bits per heavy atom. The molecule has 23 heavy (non-hydrogen) atoms. The number of rotatable bonds is 4. The summed E-state index contributed by atoms with van der Waals surface area (Å²) in [7, 11) is 1.65. The summed E-state index contributed by atoms with van der Waals surface area (Å²) < 4.78 is 20.4. The Hall–Kier alpha value is -2.88. The summed E-state index contributed by atoms with van der Waals surface area (Å²) in [6.45, 7) is 2.03. The lowest BCUT2D eigenvalue weighted by atomic mass is 10.3. The molecule has 0 saturated carbocycles. The third-order valence-corrected chi connectivity index (χ3v) is 3.56. The highest BCUT2D eigenvalue weighted by Gasteiger charge is 2.03. The van der Waals surface area contributed by atoms with Crippen LogP contribution in [0.15, 0.2) is 65.8 Å². The Morgan fingerprint density at radius 2 is 1.87 bits per heavy atom. The van der Waals surface area contributed by atoms with E-state index in [1.807, 2.05) is 43.5 Å². The summed E-state index contributed by atoms with van der Waals surface area (Å²) in [5, 5.41) is 0. The summed E-state index contributed by atoms with van der Waals surface area (Å²) in [6, 6.07) is 16.1. The highest BCUT2D eigenvalue weighted by molar-refractivity contribution is 5.82. The summed E-state index contributed by atoms with van der Waals surface area (Å²) in [6.07, 6.45) is 3.74. The fourth-order valence-electron chi connectivity index (χ4n) is 2.40. The van der Waals surface area contributed by atoms with Crippen LogP contribution >= 0.6 is 0 Å². The number of aliphatic imine (C=N–C) groups is 1. The van der Waals surface area contributed by atoms with Crippen molar-refractivity contribution in [1.29, 1.82) is 0 Å². The van der Waals surface area contributed by atoms with E-state index in [2.05, 4.69) is 9.56 Å². The lowest BCUT2D eigenvalue weighted by Crippen LogP contribution is -1.94. The molecule has 1 aromatic heterocycles. The van der Waals surface area contributed by atoms with Crippen LogP contribution in [0.5, 0.6) is 5.75 Å². The number of aryl methyl sites for hydroxylation is 1. The Balaban J connectivity index is 1.85. The lowest BCUT2D eigenvalue weighted by molar-refractivity contribution is 0.414. The molecule has 1 heterocycles. The van der Waals surface area contributed by atoms with Crippen LogP contribution in [0.1, 0.15) is 11.3 Å². The van der Waals surface area contributed by atoms with E-state index >= 15 is 0 Å². The fraction of sp³-hybridized carbons (Fsp3) is 0.105. The van der Waals surface area contributed by atoms with Crippen molar-refractivity contribution in [3.8, 4) is 11.4 Å². The second-order valence-electron chi connectivity index (χ2n) is 5.22. The Kier molecular flexibility index (Phi) is 4.24. The molecular formula is C19H17FN2O. The van der Waals surface area contributed by atoms with E-state index in [9.17, 15) is 4.39 Å². The largest absolute Gasteiger partial charge is 0.497 e. The molecule has 0 spiro atoms. The van der Waals surface area contributed by atoms with Crippen LogP contribution in [-0.2, 0) is 0 Å². The van der Waals surface area contributed by atoms with Gasteiger partial charge in [0.1, 0.15) is 11.6 Å². The van der Waals surface area contributed by atoms with Crippen molar-refractivity contribution in [3.63, 3.8) is 0 Å². The molecule has 3 aromatic rings. The van der Waals surface area contributed by atoms with E-state index in [1.54, 1.807) is 25.5 Å². The number of benzene rings is 2.